The van der Waals surface area contributed by atoms with Gasteiger partial charge in [0, 0.05) is 37.6 Å². The van der Waals surface area contributed by atoms with Crippen molar-refractivity contribution in [2.45, 2.75) is 0 Å². The molecule has 2 heterocycles. The zero-order valence-corrected chi connectivity index (χ0v) is 19.0. The van der Waals surface area contributed by atoms with Gasteiger partial charge in [-0.15, -0.1) is 0 Å². The van der Waals surface area contributed by atoms with Gasteiger partial charge >= 0.3 is 6.01 Å². The van der Waals surface area contributed by atoms with Crippen molar-refractivity contribution in [1.29, 1.82) is 0 Å². The van der Waals surface area contributed by atoms with E-state index in [4.69, 9.17) is 25.8 Å². The van der Waals surface area contributed by atoms with Crippen LogP contribution in [0.2, 0.25) is 5.02 Å². The van der Waals surface area contributed by atoms with E-state index in [0.29, 0.717) is 22.7 Å². The zero-order chi connectivity index (χ0) is 22.5. The maximum Gasteiger partial charge on any atom is 0.322 e. The number of aromatic nitrogens is 3. The highest BCUT2D eigenvalue weighted by Gasteiger charge is 2.21. The lowest BCUT2D eigenvalue weighted by molar-refractivity contribution is 0.378. The maximum absolute atomic E-state index is 6.23. The van der Waals surface area contributed by atoms with Crippen LogP contribution >= 0.6 is 11.6 Å². The largest absolute Gasteiger partial charge is 0.497 e. The fourth-order valence-corrected chi connectivity index (χ4v) is 3.72. The molecule has 1 saturated heterocycles. The van der Waals surface area contributed by atoms with E-state index in [2.05, 4.69) is 42.2 Å². The molecule has 1 N–H and O–H groups in total. The second kappa shape index (κ2) is 9.78. The van der Waals surface area contributed by atoms with Crippen molar-refractivity contribution < 1.29 is 14.2 Å². The minimum atomic E-state index is 0.245. The first-order valence-corrected chi connectivity index (χ1v) is 10.5. The summed E-state index contributed by atoms with van der Waals surface area (Å²) in [5.74, 6) is 2.39. The molecule has 1 aliphatic rings. The average molecular weight is 457 g/mol. The molecule has 0 unspecified atom stereocenters. The monoisotopic (exact) mass is 456 g/mol. The molecule has 1 fully saturated rings. The third-order valence-corrected chi connectivity index (χ3v) is 5.49. The standard InChI is InChI=1S/C22H25ClN6O3/c1-30-17-7-5-16(6-8-17)28-10-12-29(13-11-28)21-25-20(26-22(27-21)32-3)24-15-4-9-19(31-2)18(23)14-15/h4-9,14H,10-13H2,1-3H3,(H,24,25,26,27). The number of piperazine rings is 1. The lowest BCUT2D eigenvalue weighted by atomic mass is 10.2. The Morgan fingerprint density at radius 2 is 1.53 bits per heavy atom. The summed E-state index contributed by atoms with van der Waals surface area (Å²) in [4.78, 5) is 17.8. The SMILES string of the molecule is COc1ccc(N2CCN(c3nc(Nc4ccc(OC)c(Cl)c4)nc(OC)n3)CC2)cc1. The van der Waals surface area contributed by atoms with Crippen LogP contribution in [0.3, 0.4) is 0 Å². The Kier molecular flexibility index (Phi) is 6.65. The first kappa shape index (κ1) is 21.8. The Morgan fingerprint density at radius 1 is 0.812 bits per heavy atom. The molecular weight excluding hydrogens is 432 g/mol. The predicted octanol–water partition coefficient (Wildman–Crippen LogP) is 3.62. The van der Waals surface area contributed by atoms with Crippen molar-refractivity contribution in [1.82, 2.24) is 15.0 Å². The van der Waals surface area contributed by atoms with Gasteiger partial charge in [0.05, 0.1) is 26.4 Å². The number of benzene rings is 2. The van der Waals surface area contributed by atoms with E-state index in [9.17, 15) is 0 Å². The summed E-state index contributed by atoms with van der Waals surface area (Å²) in [5, 5.41) is 3.66. The van der Waals surface area contributed by atoms with Crippen LogP contribution < -0.4 is 29.3 Å². The lowest BCUT2D eigenvalue weighted by Gasteiger charge is -2.36. The molecule has 4 rings (SSSR count). The second-order valence-electron chi connectivity index (χ2n) is 7.09. The van der Waals surface area contributed by atoms with Crippen LogP contribution in [-0.2, 0) is 0 Å². The van der Waals surface area contributed by atoms with E-state index >= 15 is 0 Å². The molecule has 3 aromatic rings. The Bertz CT molecular complexity index is 1060. The van der Waals surface area contributed by atoms with Crippen LogP contribution in [-0.4, -0.2) is 62.5 Å². The molecule has 168 valence electrons. The van der Waals surface area contributed by atoms with Crippen LogP contribution in [0.25, 0.3) is 0 Å². The molecular formula is C22H25ClN6O3. The van der Waals surface area contributed by atoms with Crippen LogP contribution in [0.4, 0.5) is 23.3 Å². The molecule has 32 heavy (non-hydrogen) atoms. The predicted molar refractivity (Wildman–Crippen MR) is 125 cm³/mol. The smallest absolute Gasteiger partial charge is 0.322 e. The van der Waals surface area contributed by atoms with Gasteiger partial charge in [-0.3, -0.25) is 0 Å². The molecule has 0 bridgehead atoms. The van der Waals surface area contributed by atoms with Crippen LogP contribution in [0.1, 0.15) is 0 Å². The summed E-state index contributed by atoms with van der Waals surface area (Å²) in [7, 11) is 4.78. The third-order valence-electron chi connectivity index (χ3n) is 5.19. The van der Waals surface area contributed by atoms with E-state index < -0.39 is 0 Å². The van der Waals surface area contributed by atoms with Crippen molar-refractivity contribution in [2.75, 3.05) is 62.6 Å². The van der Waals surface area contributed by atoms with E-state index in [1.165, 1.54) is 7.11 Å². The maximum atomic E-state index is 6.23. The van der Waals surface area contributed by atoms with Gasteiger partial charge in [0.2, 0.25) is 11.9 Å². The number of nitrogens with zero attached hydrogens (tertiary/aromatic N) is 5. The molecule has 0 atom stereocenters. The lowest BCUT2D eigenvalue weighted by Crippen LogP contribution is -2.47. The number of halogens is 1. The molecule has 0 spiro atoms. The Balaban J connectivity index is 1.47. The van der Waals surface area contributed by atoms with Crippen LogP contribution in [0, 0.1) is 0 Å². The minimum Gasteiger partial charge on any atom is -0.497 e. The number of methoxy groups -OCH3 is 3. The normalized spacial score (nSPS) is 13.6. The highest BCUT2D eigenvalue weighted by molar-refractivity contribution is 6.32. The van der Waals surface area contributed by atoms with Gasteiger partial charge in [-0.05, 0) is 42.5 Å². The molecule has 0 saturated carbocycles. The molecule has 10 heteroatoms. The van der Waals surface area contributed by atoms with E-state index in [1.54, 1.807) is 26.4 Å². The topological polar surface area (TPSA) is 84.9 Å². The second-order valence-corrected chi connectivity index (χ2v) is 7.50. The highest BCUT2D eigenvalue weighted by Crippen LogP contribution is 2.29. The Morgan fingerprint density at radius 3 is 2.16 bits per heavy atom. The Labute approximate surface area is 191 Å². The van der Waals surface area contributed by atoms with Crippen molar-refractivity contribution in [3.8, 4) is 17.5 Å². The van der Waals surface area contributed by atoms with Crippen molar-refractivity contribution in [3.63, 3.8) is 0 Å². The van der Waals surface area contributed by atoms with E-state index in [0.717, 1.165) is 43.3 Å². The minimum absolute atomic E-state index is 0.245. The highest BCUT2D eigenvalue weighted by atomic mass is 35.5. The summed E-state index contributed by atoms with van der Waals surface area (Å²) >= 11 is 6.23. The first-order chi connectivity index (χ1) is 15.6. The number of hydrogen-bond acceptors (Lipinski definition) is 9. The number of rotatable bonds is 7. The summed E-state index contributed by atoms with van der Waals surface area (Å²) < 4.78 is 15.7. The van der Waals surface area contributed by atoms with Gasteiger partial charge < -0.3 is 29.3 Å². The van der Waals surface area contributed by atoms with Gasteiger partial charge in [0.15, 0.2) is 0 Å². The first-order valence-electron chi connectivity index (χ1n) is 10.1. The van der Waals surface area contributed by atoms with Gasteiger partial charge in [-0.25, -0.2) is 0 Å². The van der Waals surface area contributed by atoms with Crippen molar-refractivity contribution in [2.24, 2.45) is 0 Å². The van der Waals surface area contributed by atoms with Gasteiger partial charge in [-0.2, -0.15) is 15.0 Å². The van der Waals surface area contributed by atoms with Crippen LogP contribution in [0.5, 0.6) is 17.5 Å². The molecule has 0 amide bonds. The summed E-state index contributed by atoms with van der Waals surface area (Å²) in [5.41, 5.74) is 1.90. The molecule has 9 nitrogen and oxygen atoms in total. The number of hydrogen-bond donors (Lipinski definition) is 1. The third kappa shape index (κ3) is 4.88. The molecule has 0 radical (unpaired) electrons. The number of ether oxygens (including phenoxy) is 3. The quantitative estimate of drug-likeness (QED) is 0.572. The molecule has 2 aromatic carbocycles. The molecule has 1 aliphatic heterocycles. The molecule has 1 aromatic heterocycles. The summed E-state index contributed by atoms with van der Waals surface area (Å²) in [6.07, 6.45) is 0. The molecule has 0 aliphatic carbocycles. The fraction of sp³-hybridized carbons (Fsp3) is 0.318. The van der Waals surface area contributed by atoms with E-state index in [-0.39, 0.29) is 6.01 Å². The van der Waals surface area contributed by atoms with Crippen LogP contribution in [0.15, 0.2) is 42.5 Å². The van der Waals surface area contributed by atoms with Gasteiger partial charge in [0.25, 0.3) is 0 Å². The fourth-order valence-electron chi connectivity index (χ4n) is 3.47. The number of nitrogens with one attached hydrogen (secondary N) is 1. The summed E-state index contributed by atoms with van der Waals surface area (Å²) in [6.45, 7) is 3.23. The summed E-state index contributed by atoms with van der Waals surface area (Å²) in [6, 6.07) is 13.7. The zero-order valence-electron chi connectivity index (χ0n) is 18.2. The van der Waals surface area contributed by atoms with Crippen molar-refractivity contribution >= 4 is 34.9 Å². The average Bonchev–Trinajstić information content (AvgIpc) is 2.84. The Hall–Kier alpha value is -3.46. The van der Waals surface area contributed by atoms with Crippen molar-refractivity contribution in [3.05, 3.63) is 47.5 Å². The number of anilines is 4. The van der Waals surface area contributed by atoms with Gasteiger partial charge in [-0.1, -0.05) is 11.6 Å². The van der Waals surface area contributed by atoms with E-state index in [1.807, 2.05) is 18.2 Å². The van der Waals surface area contributed by atoms with Gasteiger partial charge in [0.1, 0.15) is 11.5 Å².